The molecule has 26 heavy (non-hydrogen) atoms. The SMILES string of the molecule is COc1cc(OC)nc(Oc2ccccc2CNc2ccc(Br)cn2)n1. The van der Waals surface area contributed by atoms with Crippen molar-refractivity contribution in [2.75, 3.05) is 19.5 Å². The molecule has 1 N–H and O–H groups in total. The second-order valence-electron chi connectivity index (χ2n) is 5.16. The number of hydrogen-bond acceptors (Lipinski definition) is 7. The lowest BCUT2D eigenvalue weighted by atomic mass is 10.2. The normalized spacial score (nSPS) is 10.3. The summed E-state index contributed by atoms with van der Waals surface area (Å²) in [5.41, 5.74) is 0.933. The fourth-order valence-electron chi connectivity index (χ4n) is 2.15. The van der Waals surface area contributed by atoms with Crippen molar-refractivity contribution >= 4 is 21.7 Å². The first-order valence-corrected chi connectivity index (χ1v) is 8.55. The van der Waals surface area contributed by atoms with Gasteiger partial charge in [-0.05, 0) is 34.1 Å². The molecule has 0 aliphatic heterocycles. The molecule has 2 heterocycles. The predicted octanol–water partition coefficient (Wildman–Crippen LogP) is 4.06. The van der Waals surface area contributed by atoms with E-state index in [0.29, 0.717) is 24.1 Å². The van der Waals surface area contributed by atoms with Crippen LogP contribution >= 0.6 is 15.9 Å². The summed E-state index contributed by atoms with van der Waals surface area (Å²) in [5.74, 6) is 2.12. The van der Waals surface area contributed by atoms with Crippen LogP contribution in [0.25, 0.3) is 0 Å². The van der Waals surface area contributed by atoms with Gasteiger partial charge in [0.1, 0.15) is 11.6 Å². The molecule has 0 bridgehead atoms. The maximum Gasteiger partial charge on any atom is 0.328 e. The van der Waals surface area contributed by atoms with Crippen molar-refractivity contribution in [1.29, 1.82) is 0 Å². The second-order valence-corrected chi connectivity index (χ2v) is 6.08. The van der Waals surface area contributed by atoms with E-state index in [2.05, 4.69) is 36.2 Å². The number of halogens is 1. The van der Waals surface area contributed by atoms with E-state index in [-0.39, 0.29) is 6.01 Å². The summed E-state index contributed by atoms with van der Waals surface area (Å²) < 4.78 is 17.1. The molecule has 7 nitrogen and oxygen atoms in total. The monoisotopic (exact) mass is 416 g/mol. The van der Waals surface area contributed by atoms with Crippen molar-refractivity contribution in [3.05, 3.63) is 58.7 Å². The Balaban J connectivity index is 1.77. The standard InChI is InChI=1S/C18H17BrN4O3/c1-24-16-9-17(25-2)23-18(22-16)26-14-6-4-3-5-12(14)10-20-15-8-7-13(19)11-21-15/h3-9,11H,10H2,1-2H3,(H,20,21). The summed E-state index contributed by atoms with van der Waals surface area (Å²) >= 11 is 3.37. The Morgan fingerprint density at radius 1 is 1.00 bits per heavy atom. The molecule has 1 aromatic carbocycles. The lowest BCUT2D eigenvalue weighted by molar-refractivity contribution is 0.347. The first-order chi connectivity index (χ1) is 12.7. The number of methoxy groups -OCH3 is 2. The van der Waals surface area contributed by atoms with Crippen molar-refractivity contribution in [1.82, 2.24) is 15.0 Å². The van der Waals surface area contributed by atoms with Crippen molar-refractivity contribution < 1.29 is 14.2 Å². The topological polar surface area (TPSA) is 78.4 Å². The van der Waals surface area contributed by atoms with Gasteiger partial charge in [-0.3, -0.25) is 0 Å². The molecule has 0 aliphatic rings. The zero-order chi connectivity index (χ0) is 18.4. The van der Waals surface area contributed by atoms with Crippen LogP contribution in [0.2, 0.25) is 0 Å². The van der Waals surface area contributed by atoms with Crippen LogP contribution < -0.4 is 19.5 Å². The number of para-hydroxylation sites is 1. The largest absolute Gasteiger partial charge is 0.481 e. The first kappa shape index (κ1) is 17.9. The summed E-state index contributed by atoms with van der Waals surface area (Å²) in [6.07, 6.45) is 1.74. The van der Waals surface area contributed by atoms with Crippen LogP contribution in [0.3, 0.4) is 0 Å². The van der Waals surface area contributed by atoms with Gasteiger partial charge in [-0.15, -0.1) is 0 Å². The van der Waals surface area contributed by atoms with E-state index < -0.39 is 0 Å². The average molecular weight is 417 g/mol. The highest BCUT2D eigenvalue weighted by molar-refractivity contribution is 9.10. The summed E-state index contributed by atoms with van der Waals surface area (Å²) in [6.45, 7) is 0.534. The maximum atomic E-state index is 5.85. The molecule has 3 rings (SSSR count). The number of nitrogens with zero attached hydrogens (tertiary/aromatic N) is 3. The molecule has 0 saturated heterocycles. The third-order valence-electron chi connectivity index (χ3n) is 3.44. The van der Waals surface area contributed by atoms with Crippen LogP contribution in [0.5, 0.6) is 23.5 Å². The number of benzene rings is 1. The Hall–Kier alpha value is -2.87. The molecule has 0 atom stereocenters. The van der Waals surface area contributed by atoms with E-state index in [1.807, 2.05) is 36.4 Å². The molecule has 0 unspecified atom stereocenters. The summed E-state index contributed by atoms with van der Waals surface area (Å²) in [4.78, 5) is 12.7. The Bertz CT molecular complexity index is 852. The summed E-state index contributed by atoms with van der Waals surface area (Å²) in [7, 11) is 3.04. The van der Waals surface area contributed by atoms with E-state index in [1.165, 1.54) is 14.2 Å². The minimum Gasteiger partial charge on any atom is -0.481 e. The fourth-order valence-corrected chi connectivity index (χ4v) is 2.39. The van der Waals surface area contributed by atoms with Crippen molar-refractivity contribution in [2.45, 2.75) is 6.54 Å². The van der Waals surface area contributed by atoms with Gasteiger partial charge in [0.2, 0.25) is 11.8 Å². The number of pyridine rings is 1. The smallest absolute Gasteiger partial charge is 0.328 e. The zero-order valence-electron chi connectivity index (χ0n) is 14.3. The van der Waals surface area contributed by atoms with E-state index in [9.17, 15) is 0 Å². The number of ether oxygens (including phenoxy) is 3. The van der Waals surface area contributed by atoms with Crippen LogP contribution in [0.4, 0.5) is 5.82 Å². The highest BCUT2D eigenvalue weighted by Crippen LogP contribution is 2.27. The summed E-state index contributed by atoms with van der Waals surface area (Å²) in [6, 6.07) is 13.2. The molecule has 0 radical (unpaired) electrons. The van der Waals surface area contributed by atoms with Gasteiger partial charge in [0.05, 0.1) is 20.3 Å². The van der Waals surface area contributed by atoms with Gasteiger partial charge in [0, 0.05) is 22.8 Å². The number of rotatable bonds is 7. The maximum absolute atomic E-state index is 5.85. The van der Waals surface area contributed by atoms with E-state index in [1.54, 1.807) is 12.3 Å². The van der Waals surface area contributed by atoms with Crippen molar-refractivity contribution in [2.24, 2.45) is 0 Å². The number of hydrogen-bond donors (Lipinski definition) is 1. The van der Waals surface area contributed by atoms with Gasteiger partial charge in [0.25, 0.3) is 0 Å². The van der Waals surface area contributed by atoms with Crippen LogP contribution in [0, 0.1) is 0 Å². The van der Waals surface area contributed by atoms with Gasteiger partial charge in [-0.2, -0.15) is 9.97 Å². The quantitative estimate of drug-likeness (QED) is 0.621. The molecule has 0 spiro atoms. The Labute approximate surface area is 159 Å². The Morgan fingerprint density at radius 2 is 1.73 bits per heavy atom. The molecule has 3 aromatic rings. The Morgan fingerprint density at radius 3 is 2.38 bits per heavy atom. The lowest BCUT2D eigenvalue weighted by Gasteiger charge is -2.12. The molecule has 0 amide bonds. The zero-order valence-corrected chi connectivity index (χ0v) is 15.9. The Kier molecular flexibility index (Phi) is 5.85. The molecule has 0 fully saturated rings. The number of nitrogens with one attached hydrogen (secondary N) is 1. The van der Waals surface area contributed by atoms with Crippen molar-refractivity contribution in [3.8, 4) is 23.5 Å². The van der Waals surface area contributed by atoms with E-state index in [4.69, 9.17) is 14.2 Å². The molecule has 8 heteroatoms. The predicted molar refractivity (Wildman–Crippen MR) is 101 cm³/mol. The van der Waals surface area contributed by atoms with Gasteiger partial charge in [-0.1, -0.05) is 18.2 Å². The lowest BCUT2D eigenvalue weighted by Crippen LogP contribution is -2.04. The van der Waals surface area contributed by atoms with Crippen LogP contribution in [0.15, 0.2) is 53.1 Å². The van der Waals surface area contributed by atoms with Crippen LogP contribution in [0.1, 0.15) is 5.56 Å². The molecule has 0 saturated carbocycles. The third-order valence-corrected chi connectivity index (χ3v) is 3.91. The van der Waals surface area contributed by atoms with Gasteiger partial charge < -0.3 is 19.5 Å². The molecular weight excluding hydrogens is 400 g/mol. The van der Waals surface area contributed by atoms with Gasteiger partial charge in [-0.25, -0.2) is 4.98 Å². The van der Waals surface area contributed by atoms with E-state index >= 15 is 0 Å². The highest BCUT2D eigenvalue weighted by atomic mass is 79.9. The van der Waals surface area contributed by atoms with Crippen LogP contribution in [-0.4, -0.2) is 29.2 Å². The first-order valence-electron chi connectivity index (χ1n) is 7.76. The molecule has 2 aromatic heterocycles. The van der Waals surface area contributed by atoms with E-state index in [0.717, 1.165) is 15.9 Å². The third kappa shape index (κ3) is 4.60. The highest BCUT2D eigenvalue weighted by Gasteiger charge is 2.10. The summed E-state index contributed by atoms with van der Waals surface area (Å²) in [5, 5.41) is 3.26. The van der Waals surface area contributed by atoms with Gasteiger partial charge in [0.15, 0.2) is 0 Å². The molecule has 0 aliphatic carbocycles. The average Bonchev–Trinajstić information content (AvgIpc) is 2.68. The minimum atomic E-state index is 0.149. The number of anilines is 1. The number of aromatic nitrogens is 3. The molecular formula is C18H17BrN4O3. The van der Waals surface area contributed by atoms with Gasteiger partial charge >= 0.3 is 6.01 Å². The van der Waals surface area contributed by atoms with Crippen molar-refractivity contribution in [3.63, 3.8) is 0 Å². The minimum absolute atomic E-state index is 0.149. The molecule has 134 valence electrons. The van der Waals surface area contributed by atoms with Crippen LogP contribution in [-0.2, 0) is 6.54 Å². The fraction of sp³-hybridized carbons (Fsp3) is 0.167. The second kappa shape index (κ2) is 8.48.